The van der Waals surface area contributed by atoms with Gasteiger partial charge in [0.05, 0.1) is 0 Å². The Balaban J connectivity index is 0.000000581. The molecule has 1 aromatic carbocycles. The van der Waals surface area contributed by atoms with Gasteiger partial charge in [0.1, 0.15) is 0 Å². The van der Waals surface area contributed by atoms with Crippen molar-refractivity contribution in [1.29, 1.82) is 0 Å². The van der Waals surface area contributed by atoms with E-state index in [-0.39, 0.29) is 0 Å². The molecule has 0 radical (unpaired) electrons. The lowest BCUT2D eigenvalue weighted by molar-refractivity contribution is 0.291. The molecule has 0 atom stereocenters. The van der Waals surface area contributed by atoms with Crippen LogP contribution in [-0.2, 0) is 6.54 Å². The van der Waals surface area contributed by atoms with Crippen molar-refractivity contribution in [1.82, 2.24) is 4.90 Å². The standard InChI is InChI=1S/C12H15N.C2H6.CH4O/c1-3-7-12(8-4-1)11-13-9-5-2-6-10-13;2*1-2/h1-5,7-8H,6,9-11H2;1-2H3;2H,1H3. The fourth-order valence-corrected chi connectivity index (χ4v) is 1.68. The van der Waals surface area contributed by atoms with E-state index in [9.17, 15) is 0 Å². The second kappa shape index (κ2) is 11.4. The number of aliphatic hydroxyl groups excluding tert-OH is 1. The second-order valence-corrected chi connectivity index (χ2v) is 3.48. The lowest BCUT2D eigenvalue weighted by Gasteiger charge is -2.22. The van der Waals surface area contributed by atoms with E-state index in [1.807, 2.05) is 13.8 Å². The third-order valence-electron chi connectivity index (χ3n) is 2.39. The molecule has 2 heteroatoms. The van der Waals surface area contributed by atoms with Crippen LogP contribution in [0.2, 0.25) is 0 Å². The predicted octanol–water partition coefficient (Wildman–Crippen LogP) is 3.08. The smallest absolute Gasteiger partial charge is 0.0319 e. The first kappa shape index (κ1) is 15.9. The average Bonchev–Trinajstić information content (AvgIpc) is 2.45. The Hall–Kier alpha value is -1.12. The fourth-order valence-electron chi connectivity index (χ4n) is 1.68. The SMILES string of the molecule is C1=CCN(Cc2ccccc2)CC1.CC.CO. The molecule has 0 amide bonds. The lowest BCUT2D eigenvalue weighted by Crippen LogP contribution is -2.26. The summed E-state index contributed by atoms with van der Waals surface area (Å²) in [7, 11) is 1.00. The minimum Gasteiger partial charge on any atom is -0.400 e. The van der Waals surface area contributed by atoms with Crippen LogP contribution in [0.5, 0.6) is 0 Å². The Morgan fingerprint density at radius 3 is 2.24 bits per heavy atom. The maximum Gasteiger partial charge on any atom is 0.0319 e. The molecule has 2 nitrogen and oxygen atoms in total. The van der Waals surface area contributed by atoms with E-state index in [0.29, 0.717) is 0 Å². The first-order chi connectivity index (χ1) is 8.45. The number of rotatable bonds is 2. The molecule has 2 rings (SSSR count). The van der Waals surface area contributed by atoms with Crippen LogP contribution in [0.3, 0.4) is 0 Å². The number of nitrogens with zero attached hydrogens (tertiary/aromatic N) is 1. The summed E-state index contributed by atoms with van der Waals surface area (Å²) in [4.78, 5) is 2.47. The topological polar surface area (TPSA) is 23.5 Å². The Kier molecular flexibility index (Phi) is 10.6. The van der Waals surface area contributed by atoms with Gasteiger partial charge in [-0.25, -0.2) is 0 Å². The highest BCUT2D eigenvalue weighted by Gasteiger charge is 2.05. The van der Waals surface area contributed by atoms with E-state index >= 15 is 0 Å². The fraction of sp³-hybridized carbons (Fsp3) is 0.467. The Bertz CT molecular complexity index is 282. The van der Waals surface area contributed by atoms with Crippen LogP contribution in [0.15, 0.2) is 42.5 Å². The summed E-state index contributed by atoms with van der Waals surface area (Å²) in [6, 6.07) is 10.7. The van der Waals surface area contributed by atoms with Gasteiger partial charge in [-0.15, -0.1) is 0 Å². The van der Waals surface area contributed by atoms with Gasteiger partial charge >= 0.3 is 0 Å². The molecule has 1 aliphatic heterocycles. The van der Waals surface area contributed by atoms with Crippen molar-refractivity contribution in [2.45, 2.75) is 26.8 Å². The molecule has 1 aromatic rings. The van der Waals surface area contributed by atoms with Crippen LogP contribution in [0.4, 0.5) is 0 Å². The van der Waals surface area contributed by atoms with Crippen LogP contribution in [0, 0.1) is 0 Å². The van der Waals surface area contributed by atoms with Crippen molar-refractivity contribution in [2.75, 3.05) is 20.2 Å². The largest absolute Gasteiger partial charge is 0.400 e. The van der Waals surface area contributed by atoms with E-state index < -0.39 is 0 Å². The highest BCUT2D eigenvalue weighted by atomic mass is 16.2. The molecular weight excluding hydrogens is 210 g/mol. The molecule has 0 aliphatic carbocycles. The molecule has 1 heterocycles. The molecule has 0 saturated carbocycles. The maximum atomic E-state index is 7.00. The summed E-state index contributed by atoms with van der Waals surface area (Å²) in [5.41, 5.74) is 1.41. The third-order valence-corrected chi connectivity index (χ3v) is 2.39. The molecule has 17 heavy (non-hydrogen) atoms. The molecule has 1 N–H and O–H groups in total. The van der Waals surface area contributed by atoms with E-state index in [1.54, 1.807) is 0 Å². The minimum absolute atomic E-state index is 1.00. The van der Waals surface area contributed by atoms with Gasteiger partial charge in [0.2, 0.25) is 0 Å². The first-order valence-electron chi connectivity index (χ1n) is 6.31. The Labute approximate surface area is 106 Å². The summed E-state index contributed by atoms with van der Waals surface area (Å²) in [5.74, 6) is 0. The number of hydrogen-bond acceptors (Lipinski definition) is 2. The van der Waals surface area contributed by atoms with Crippen molar-refractivity contribution in [3.8, 4) is 0 Å². The normalized spacial score (nSPS) is 14.1. The van der Waals surface area contributed by atoms with Gasteiger partial charge in [0.25, 0.3) is 0 Å². The summed E-state index contributed by atoms with van der Waals surface area (Å²) in [5, 5.41) is 7.00. The molecule has 0 bridgehead atoms. The highest BCUT2D eigenvalue weighted by Crippen LogP contribution is 2.07. The highest BCUT2D eigenvalue weighted by molar-refractivity contribution is 5.14. The Morgan fingerprint density at radius 2 is 1.71 bits per heavy atom. The average molecular weight is 235 g/mol. The number of benzene rings is 1. The van der Waals surface area contributed by atoms with Gasteiger partial charge in [-0.2, -0.15) is 0 Å². The van der Waals surface area contributed by atoms with Gasteiger partial charge < -0.3 is 5.11 Å². The molecule has 1 aliphatic rings. The predicted molar refractivity (Wildman–Crippen MR) is 75.0 cm³/mol. The quantitative estimate of drug-likeness (QED) is 0.796. The van der Waals surface area contributed by atoms with Crippen LogP contribution >= 0.6 is 0 Å². The zero-order chi connectivity index (χ0) is 12.9. The molecule has 0 saturated heterocycles. The van der Waals surface area contributed by atoms with E-state index in [1.165, 1.54) is 18.5 Å². The zero-order valence-corrected chi connectivity index (χ0v) is 11.3. The molecular formula is C15H25NO. The van der Waals surface area contributed by atoms with Crippen molar-refractivity contribution in [2.24, 2.45) is 0 Å². The maximum absolute atomic E-state index is 7.00. The zero-order valence-electron chi connectivity index (χ0n) is 11.3. The van der Waals surface area contributed by atoms with Gasteiger partial charge in [-0.1, -0.05) is 56.3 Å². The van der Waals surface area contributed by atoms with Crippen LogP contribution in [0.25, 0.3) is 0 Å². The van der Waals surface area contributed by atoms with Gasteiger partial charge in [-0.3, -0.25) is 4.90 Å². The summed E-state index contributed by atoms with van der Waals surface area (Å²) in [6.45, 7) is 7.39. The second-order valence-electron chi connectivity index (χ2n) is 3.48. The van der Waals surface area contributed by atoms with Crippen molar-refractivity contribution < 1.29 is 5.11 Å². The van der Waals surface area contributed by atoms with Gasteiger partial charge in [0.15, 0.2) is 0 Å². The number of hydrogen-bond donors (Lipinski definition) is 1. The summed E-state index contributed by atoms with van der Waals surface area (Å²) in [6.07, 6.45) is 5.72. The first-order valence-corrected chi connectivity index (χ1v) is 6.31. The molecule has 0 aromatic heterocycles. The summed E-state index contributed by atoms with van der Waals surface area (Å²) >= 11 is 0. The van der Waals surface area contributed by atoms with E-state index in [2.05, 4.69) is 47.4 Å². The Morgan fingerprint density at radius 1 is 1.06 bits per heavy atom. The minimum atomic E-state index is 1.00. The van der Waals surface area contributed by atoms with Crippen LogP contribution < -0.4 is 0 Å². The molecule has 96 valence electrons. The van der Waals surface area contributed by atoms with E-state index in [4.69, 9.17) is 5.11 Å². The van der Waals surface area contributed by atoms with Crippen LogP contribution in [-0.4, -0.2) is 30.2 Å². The molecule has 0 fully saturated rings. The van der Waals surface area contributed by atoms with Crippen molar-refractivity contribution >= 4 is 0 Å². The monoisotopic (exact) mass is 235 g/mol. The van der Waals surface area contributed by atoms with E-state index in [0.717, 1.165) is 20.2 Å². The number of aliphatic hydroxyl groups is 1. The summed E-state index contributed by atoms with van der Waals surface area (Å²) < 4.78 is 0. The van der Waals surface area contributed by atoms with Gasteiger partial charge in [0, 0.05) is 26.7 Å². The van der Waals surface area contributed by atoms with Crippen molar-refractivity contribution in [3.05, 3.63) is 48.0 Å². The molecule has 0 unspecified atom stereocenters. The lowest BCUT2D eigenvalue weighted by atomic mass is 10.2. The third kappa shape index (κ3) is 6.93. The van der Waals surface area contributed by atoms with Crippen molar-refractivity contribution in [3.63, 3.8) is 0 Å². The molecule has 0 spiro atoms. The van der Waals surface area contributed by atoms with Crippen LogP contribution in [0.1, 0.15) is 25.8 Å². The van der Waals surface area contributed by atoms with Gasteiger partial charge in [-0.05, 0) is 12.0 Å².